The summed E-state index contributed by atoms with van der Waals surface area (Å²) in [5.74, 6) is 0.106. The number of likely N-dealkylation sites (N-methyl/N-ethyl adjacent to an activating group) is 1. The van der Waals surface area contributed by atoms with E-state index in [9.17, 15) is 13.2 Å². The molecule has 34 heavy (non-hydrogen) atoms. The van der Waals surface area contributed by atoms with E-state index in [0.29, 0.717) is 38.4 Å². The van der Waals surface area contributed by atoms with E-state index < -0.39 is 10.0 Å². The Morgan fingerprint density at radius 3 is 2.41 bits per heavy atom. The summed E-state index contributed by atoms with van der Waals surface area (Å²) in [5.41, 5.74) is 1.76. The van der Waals surface area contributed by atoms with E-state index in [-0.39, 0.29) is 29.0 Å². The van der Waals surface area contributed by atoms with Gasteiger partial charge < -0.3 is 14.8 Å². The monoisotopic (exact) mass is 489 g/mol. The van der Waals surface area contributed by atoms with Crippen molar-refractivity contribution in [3.05, 3.63) is 59.7 Å². The Morgan fingerprint density at radius 2 is 1.79 bits per heavy atom. The van der Waals surface area contributed by atoms with Gasteiger partial charge in [-0.05, 0) is 36.3 Å². The number of amides is 1. The van der Waals surface area contributed by atoms with E-state index in [1.807, 2.05) is 18.2 Å². The zero-order chi connectivity index (χ0) is 24.6. The highest BCUT2D eigenvalue weighted by Gasteiger charge is 2.29. The van der Waals surface area contributed by atoms with E-state index >= 15 is 0 Å². The van der Waals surface area contributed by atoms with Crippen LogP contribution < -0.4 is 10.1 Å². The Bertz CT molecular complexity index is 1040. The Morgan fingerprint density at radius 1 is 1.12 bits per heavy atom. The summed E-state index contributed by atoms with van der Waals surface area (Å²) in [6.07, 6.45) is 0.0788. The number of nitrogens with zero attached hydrogens (tertiary/aromatic N) is 2. The van der Waals surface area contributed by atoms with E-state index in [0.717, 1.165) is 18.7 Å². The molecule has 8 nitrogen and oxygen atoms in total. The summed E-state index contributed by atoms with van der Waals surface area (Å²) in [6, 6.07) is 15.1. The van der Waals surface area contributed by atoms with Gasteiger partial charge in [-0.15, -0.1) is 0 Å². The summed E-state index contributed by atoms with van der Waals surface area (Å²) in [4.78, 5) is 15.2. The first-order chi connectivity index (χ1) is 16.4. The summed E-state index contributed by atoms with van der Waals surface area (Å²) in [7, 11) is -2.31. The normalized spacial score (nSPS) is 15.8. The third kappa shape index (κ3) is 6.35. The molecule has 1 atom stereocenters. The fourth-order valence-corrected chi connectivity index (χ4v) is 5.83. The number of hydrogen-bond donors (Lipinski definition) is 1. The first-order valence-corrected chi connectivity index (χ1v) is 13.1. The van der Waals surface area contributed by atoms with Crippen molar-refractivity contribution in [2.75, 3.05) is 53.0 Å². The molecule has 1 amide bonds. The van der Waals surface area contributed by atoms with E-state index in [1.54, 1.807) is 18.2 Å². The Balaban J connectivity index is 1.73. The number of carbonyl (C=O) groups excluding carboxylic acids is 1. The molecule has 0 saturated carbocycles. The first kappa shape index (κ1) is 26.2. The van der Waals surface area contributed by atoms with Crippen molar-refractivity contribution in [2.24, 2.45) is 0 Å². The molecule has 3 rings (SSSR count). The Kier molecular flexibility index (Phi) is 9.46. The van der Waals surface area contributed by atoms with Gasteiger partial charge in [0.1, 0.15) is 10.6 Å². The number of carbonyl (C=O) groups is 1. The number of nitrogens with one attached hydrogen (secondary N) is 1. The van der Waals surface area contributed by atoms with Gasteiger partial charge in [0, 0.05) is 19.6 Å². The number of morpholine rings is 1. The second kappa shape index (κ2) is 12.3. The summed E-state index contributed by atoms with van der Waals surface area (Å²) in [5, 5.41) is 3.04. The second-order valence-corrected chi connectivity index (χ2v) is 10.0. The molecule has 0 aromatic heterocycles. The highest BCUT2D eigenvalue weighted by Crippen LogP contribution is 2.28. The minimum atomic E-state index is -3.75. The second-order valence-electron chi connectivity index (χ2n) is 8.13. The van der Waals surface area contributed by atoms with Gasteiger partial charge in [-0.1, -0.05) is 50.2 Å². The van der Waals surface area contributed by atoms with Gasteiger partial charge in [0.2, 0.25) is 15.9 Å². The van der Waals surface area contributed by atoms with Crippen molar-refractivity contribution < 1.29 is 22.7 Å². The maximum atomic E-state index is 13.2. The predicted octanol–water partition coefficient (Wildman–Crippen LogP) is 2.46. The molecule has 1 heterocycles. The van der Waals surface area contributed by atoms with Gasteiger partial charge in [-0.2, -0.15) is 4.31 Å². The molecule has 0 bridgehead atoms. The molecule has 1 aliphatic heterocycles. The zero-order valence-corrected chi connectivity index (χ0v) is 21.0. The Labute approximate surface area is 202 Å². The summed E-state index contributed by atoms with van der Waals surface area (Å²) >= 11 is 0. The van der Waals surface area contributed by atoms with Crippen LogP contribution in [0.3, 0.4) is 0 Å². The van der Waals surface area contributed by atoms with Crippen LogP contribution in [-0.4, -0.2) is 76.6 Å². The maximum Gasteiger partial charge on any atom is 0.246 e. The zero-order valence-electron chi connectivity index (χ0n) is 20.2. The minimum Gasteiger partial charge on any atom is -0.495 e. The van der Waals surface area contributed by atoms with Gasteiger partial charge in [0.05, 0.1) is 32.8 Å². The lowest BCUT2D eigenvalue weighted by atomic mass is 10.0. The molecule has 0 aliphatic carbocycles. The largest absolute Gasteiger partial charge is 0.495 e. The molecule has 186 valence electrons. The van der Waals surface area contributed by atoms with Gasteiger partial charge in [-0.3, -0.25) is 9.69 Å². The number of sulfonamides is 1. The molecule has 0 radical (unpaired) electrons. The van der Waals surface area contributed by atoms with E-state index in [4.69, 9.17) is 9.47 Å². The van der Waals surface area contributed by atoms with Gasteiger partial charge >= 0.3 is 0 Å². The third-order valence-corrected chi connectivity index (χ3v) is 8.03. The molecule has 1 aliphatic rings. The first-order valence-electron chi connectivity index (χ1n) is 11.7. The fourth-order valence-electron chi connectivity index (χ4n) is 4.21. The molecular weight excluding hydrogens is 454 g/mol. The van der Waals surface area contributed by atoms with Crippen molar-refractivity contribution in [2.45, 2.75) is 31.2 Å². The Hall–Kier alpha value is -2.46. The smallest absolute Gasteiger partial charge is 0.246 e. The van der Waals surface area contributed by atoms with Gasteiger partial charge in [0.25, 0.3) is 0 Å². The minimum absolute atomic E-state index is 0.0632. The van der Waals surface area contributed by atoms with E-state index in [2.05, 4.69) is 36.2 Å². The van der Waals surface area contributed by atoms with Crippen LogP contribution in [-0.2, 0) is 26.0 Å². The van der Waals surface area contributed by atoms with Crippen molar-refractivity contribution >= 4 is 15.9 Å². The molecule has 2 aromatic carbocycles. The molecule has 0 spiro atoms. The molecule has 1 N–H and O–H groups in total. The third-order valence-electron chi connectivity index (χ3n) is 6.11. The van der Waals surface area contributed by atoms with Gasteiger partial charge in [-0.25, -0.2) is 8.42 Å². The molecule has 1 fully saturated rings. The number of ether oxygens (including phenoxy) is 2. The SMILES string of the molecule is CCN(CC)C(CNC(=O)Cc1ccc(OC)c(S(=O)(=O)N2CCOCC2)c1)c1ccccc1. The lowest BCUT2D eigenvalue weighted by molar-refractivity contribution is -0.120. The number of methoxy groups -OCH3 is 1. The number of hydrogen-bond acceptors (Lipinski definition) is 6. The van der Waals surface area contributed by atoms with E-state index in [1.165, 1.54) is 11.4 Å². The number of benzene rings is 2. The lowest BCUT2D eigenvalue weighted by Crippen LogP contribution is -2.40. The van der Waals surface area contributed by atoms with Crippen LogP contribution in [0, 0.1) is 0 Å². The summed E-state index contributed by atoms with van der Waals surface area (Å²) in [6.45, 7) is 7.73. The van der Waals surface area contributed by atoms with Crippen LogP contribution in [0.2, 0.25) is 0 Å². The highest BCUT2D eigenvalue weighted by molar-refractivity contribution is 7.89. The average molecular weight is 490 g/mol. The average Bonchev–Trinajstić information content (AvgIpc) is 2.87. The molecular formula is C25H35N3O5S. The van der Waals surface area contributed by atoms with Gasteiger partial charge in [0.15, 0.2) is 0 Å². The van der Waals surface area contributed by atoms with Crippen LogP contribution in [0.1, 0.15) is 31.0 Å². The summed E-state index contributed by atoms with van der Waals surface area (Å²) < 4.78 is 38.4. The highest BCUT2D eigenvalue weighted by atomic mass is 32.2. The molecule has 2 aromatic rings. The van der Waals surface area contributed by atoms with Crippen LogP contribution in [0.5, 0.6) is 5.75 Å². The van der Waals surface area contributed by atoms with Crippen LogP contribution in [0.4, 0.5) is 0 Å². The van der Waals surface area contributed by atoms with Crippen LogP contribution in [0.15, 0.2) is 53.4 Å². The molecule has 9 heteroatoms. The standard InChI is InChI=1S/C25H35N3O5S/c1-4-27(5-2)22(21-9-7-6-8-10-21)19-26-25(29)18-20-11-12-23(32-3)24(17-20)34(30,31)28-13-15-33-16-14-28/h6-12,17,22H,4-5,13-16,18-19H2,1-3H3,(H,26,29). The van der Waals surface area contributed by atoms with Crippen LogP contribution >= 0.6 is 0 Å². The van der Waals surface area contributed by atoms with Crippen molar-refractivity contribution in [3.8, 4) is 5.75 Å². The molecule has 1 unspecified atom stereocenters. The van der Waals surface area contributed by atoms with Crippen molar-refractivity contribution in [3.63, 3.8) is 0 Å². The van der Waals surface area contributed by atoms with Crippen molar-refractivity contribution in [1.29, 1.82) is 0 Å². The van der Waals surface area contributed by atoms with Crippen LogP contribution in [0.25, 0.3) is 0 Å². The van der Waals surface area contributed by atoms with Crippen molar-refractivity contribution in [1.82, 2.24) is 14.5 Å². The topological polar surface area (TPSA) is 88.2 Å². The number of rotatable bonds is 11. The maximum absolute atomic E-state index is 13.2. The fraction of sp³-hybridized carbons (Fsp3) is 0.480. The quantitative estimate of drug-likeness (QED) is 0.522. The lowest BCUT2D eigenvalue weighted by Gasteiger charge is -2.30. The predicted molar refractivity (Wildman–Crippen MR) is 131 cm³/mol. The molecule has 1 saturated heterocycles.